The Balaban J connectivity index is 1.52. The SMILES string of the molecule is CCn1cc(Br)c(-c2ccnc3cc(C(=O)Nc4nc5ccccc5n4C)nn23)n1. The molecule has 4 heterocycles. The lowest BCUT2D eigenvalue weighted by Crippen LogP contribution is -2.15. The molecule has 1 amide bonds. The lowest BCUT2D eigenvalue weighted by molar-refractivity contribution is 0.102. The fourth-order valence-corrected chi connectivity index (χ4v) is 3.86. The highest BCUT2D eigenvalue weighted by Crippen LogP contribution is 2.27. The van der Waals surface area contributed by atoms with Crippen LogP contribution in [0.2, 0.25) is 0 Å². The first-order valence-corrected chi connectivity index (χ1v) is 10.2. The lowest BCUT2D eigenvalue weighted by Gasteiger charge is -2.03. The van der Waals surface area contributed by atoms with Crippen LogP contribution in [-0.2, 0) is 13.6 Å². The van der Waals surface area contributed by atoms with Crippen molar-refractivity contribution in [3.05, 3.63) is 59.0 Å². The summed E-state index contributed by atoms with van der Waals surface area (Å²) in [7, 11) is 1.86. The van der Waals surface area contributed by atoms with E-state index in [-0.39, 0.29) is 11.6 Å². The fraction of sp³-hybridized carbons (Fsp3) is 0.150. The minimum atomic E-state index is -0.358. The van der Waals surface area contributed by atoms with Gasteiger partial charge in [0.15, 0.2) is 11.3 Å². The maximum absolute atomic E-state index is 12.9. The fourth-order valence-electron chi connectivity index (χ4n) is 3.34. The van der Waals surface area contributed by atoms with Crippen molar-refractivity contribution < 1.29 is 4.79 Å². The Morgan fingerprint density at radius 2 is 2.03 bits per heavy atom. The molecule has 1 aromatic carbocycles. The van der Waals surface area contributed by atoms with Crippen LogP contribution in [0.4, 0.5) is 5.95 Å². The van der Waals surface area contributed by atoms with Gasteiger partial charge in [0.1, 0.15) is 5.69 Å². The van der Waals surface area contributed by atoms with E-state index >= 15 is 0 Å². The average molecular weight is 465 g/mol. The number of hydrogen-bond acceptors (Lipinski definition) is 5. The van der Waals surface area contributed by atoms with Gasteiger partial charge in [0.05, 0.1) is 21.2 Å². The Morgan fingerprint density at radius 3 is 2.80 bits per heavy atom. The molecule has 0 radical (unpaired) electrons. The van der Waals surface area contributed by atoms with E-state index in [9.17, 15) is 4.79 Å². The van der Waals surface area contributed by atoms with Crippen LogP contribution in [-0.4, -0.2) is 39.8 Å². The molecule has 1 N–H and O–H groups in total. The van der Waals surface area contributed by atoms with E-state index in [0.29, 0.717) is 11.6 Å². The normalized spacial score (nSPS) is 11.4. The van der Waals surface area contributed by atoms with Crippen LogP contribution in [0.3, 0.4) is 0 Å². The summed E-state index contributed by atoms with van der Waals surface area (Å²) < 4.78 is 6.13. The number of rotatable bonds is 4. The minimum Gasteiger partial charge on any atom is -0.313 e. The average Bonchev–Trinajstić information content (AvgIpc) is 3.44. The van der Waals surface area contributed by atoms with Gasteiger partial charge in [-0.3, -0.25) is 14.8 Å². The number of halogens is 1. The number of nitrogens with one attached hydrogen (secondary N) is 1. The Bertz CT molecular complexity index is 1410. The molecule has 5 rings (SSSR count). The van der Waals surface area contributed by atoms with E-state index in [0.717, 1.165) is 33.4 Å². The van der Waals surface area contributed by atoms with Gasteiger partial charge in [0.2, 0.25) is 5.95 Å². The van der Waals surface area contributed by atoms with Gasteiger partial charge in [-0.05, 0) is 41.1 Å². The largest absolute Gasteiger partial charge is 0.313 e. The predicted octanol–water partition coefficient (Wildman–Crippen LogP) is 3.51. The summed E-state index contributed by atoms with van der Waals surface area (Å²) in [5.41, 5.74) is 4.01. The van der Waals surface area contributed by atoms with Crippen LogP contribution < -0.4 is 5.32 Å². The second-order valence-electron chi connectivity index (χ2n) is 6.75. The number of aromatic nitrogens is 7. The summed E-state index contributed by atoms with van der Waals surface area (Å²) in [6.45, 7) is 2.76. The molecule has 150 valence electrons. The standard InChI is InChI=1S/C20H17BrN8O/c1-3-28-11-12(21)18(26-28)16-8-9-22-17-10-14(25-29(16)17)19(30)24-20-23-13-6-4-5-7-15(13)27(20)2/h4-11H,3H2,1-2H3,(H,23,24,30). The van der Waals surface area contributed by atoms with E-state index in [1.54, 1.807) is 16.8 Å². The third kappa shape index (κ3) is 2.96. The smallest absolute Gasteiger partial charge is 0.278 e. The van der Waals surface area contributed by atoms with Gasteiger partial charge in [-0.15, -0.1) is 0 Å². The molecule has 10 heteroatoms. The number of para-hydroxylation sites is 2. The Labute approximate surface area is 179 Å². The van der Waals surface area contributed by atoms with E-state index < -0.39 is 0 Å². The highest BCUT2D eigenvalue weighted by molar-refractivity contribution is 9.10. The van der Waals surface area contributed by atoms with Gasteiger partial charge in [-0.25, -0.2) is 14.5 Å². The minimum absolute atomic E-state index is 0.244. The number of benzene rings is 1. The molecule has 0 aliphatic rings. The lowest BCUT2D eigenvalue weighted by atomic mass is 10.3. The number of imidazole rings is 1. The van der Waals surface area contributed by atoms with Crippen LogP contribution in [0, 0.1) is 0 Å². The summed E-state index contributed by atoms with van der Waals surface area (Å²) in [5, 5.41) is 11.9. The van der Waals surface area contributed by atoms with Crippen molar-refractivity contribution in [1.29, 1.82) is 0 Å². The molecule has 4 aromatic heterocycles. The van der Waals surface area contributed by atoms with Crippen LogP contribution in [0.25, 0.3) is 28.1 Å². The third-order valence-electron chi connectivity index (χ3n) is 4.89. The molecule has 0 aliphatic carbocycles. The Kier molecular flexibility index (Phi) is 4.35. The van der Waals surface area contributed by atoms with Crippen molar-refractivity contribution in [2.45, 2.75) is 13.5 Å². The molecule has 0 aliphatic heterocycles. The number of fused-ring (bicyclic) bond motifs is 2. The molecule has 9 nitrogen and oxygen atoms in total. The molecule has 5 aromatic rings. The molecule has 30 heavy (non-hydrogen) atoms. The molecule has 0 spiro atoms. The van der Waals surface area contributed by atoms with Gasteiger partial charge < -0.3 is 4.57 Å². The van der Waals surface area contributed by atoms with Crippen LogP contribution in [0.1, 0.15) is 17.4 Å². The van der Waals surface area contributed by atoms with Gasteiger partial charge in [-0.2, -0.15) is 10.2 Å². The first-order chi connectivity index (χ1) is 14.5. The summed E-state index contributed by atoms with van der Waals surface area (Å²) in [6.07, 6.45) is 3.58. The zero-order chi connectivity index (χ0) is 20.8. The van der Waals surface area contributed by atoms with E-state index in [2.05, 4.69) is 41.4 Å². The topological polar surface area (TPSA) is 94.9 Å². The Morgan fingerprint density at radius 1 is 1.20 bits per heavy atom. The maximum atomic E-state index is 12.9. The van der Waals surface area contributed by atoms with Gasteiger partial charge in [0, 0.05) is 32.1 Å². The first kappa shape index (κ1) is 18.5. The summed E-state index contributed by atoms with van der Waals surface area (Å²) in [6, 6.07) is 11.2. The van der Waals surface area contributed by atoms with Crippen LogP contribution >= 0.6 is 15.9 Å². The predicted molar refractivity (Wildman–Crippen MR) is 116 cm³/mol. The van der Waals surface area contributed by atoms with Crippen LogP contribution in [0.5, 0.6) is 0 Å². The Hall–Kier alpha value is -3.53. The highest BCUT2D eigenvalue weighted by Gasteiger charge is 2.19. The number of hydrogen-bond donors (Lipinski definition) is 1. The number of carbonyl (C=O) groups is 1. The molecule has 0 unspecified atom stereocenters. The maximum Gasteiger partial charge on any atom is 0.278 e. The van der Waals surface area contributed by atoms with Crippen molar-refractivity contribution in [2.24, 2.45) is 7.05 Å². The number of aryl methyl sites for hydroxylation is 2. The van der Waals surface area contributed by atoms with Gasteiger partial charge in [0.25, 0.3) is 5.91 Å². The number of amides is 1. The molecule has 0 saturated carbocycles. The van der Waals surface area contributed by atoms with E-state index in [4.69, 9.17) is 0 Å². The monoisotopic (exact) mass is 464 g/mol. The third-order valence-corrected chi connectivity index (χ3v) is 5.47. The zero-order valence-electron chi connectivity index (χ0n) is 16.2. The van der Waals surface area contributed by atoms with Crippen molar-refractivity contribution in [3.63, 3.8) is 0 Å². The van der Waals surface area contributed by atoms with E-state index in [1.165, 1.54) is 0 Å². The van der Waals surface area contributed by atoms with Gasteiger partial charge in [-0.1, -0.05) is 12.1 Å². The zero-order valence-corrected chi connectivity index (χ0v) is 17.8. The summed E-state index contributed by atoms with van der Waals surface area (Å²) in [5.74, 6) is 0.0962. The van der Waals surface area contributed by atoms with Crippen molar-refractivity contribution in [3.8, 4) is 11.4 Å². The number of anilines is 1. The van der Waals surface area contributed by atoms with Crippen molar-refractivity contribution >= 4 is 44.5 Å². The number of nitrogens with zero attached hydrogens (tertiary/aromatic N) is 7. The molecule has 0 atom stereocenters. The second kappa shape index (κ2) is 7.06. The molecule has 0 saturated heterocycles. The first-order valence-electron chi connectivity index (χ1n) is 9.36. The van der Waals surface area contributed by atoms with Crippen molar-refractivity contribution in [2.75, 3.05) is 5.32 Å². The van der Waals surface area contributed by atoms with Gasteiger partial charge >= 0.3 is 0 Å². The second-order valence-corrected chi connectivity index (χ2v) is 7.60. The summed E-state index contributed by atoms with van der Waals surface area (Å²) in [4.78, 5) is 21.7. The quantitative estimate of drug-likeness (QED) is 0.439. The van der Waals surface area contributed by atoms with E-state index in [1.807, 2.05) is 59.7 Å². The number of carbonyl (C=O) groups excluding carboxylic acids is 1. The van der Waals surface area contributed by atoms with Crippen molar-refractivity contribution in [1.82, 2.24) is 33.9 Å². The van der Waals surface area contributed by atoms with Crippen LogP contribution in [0.15, 0.2) is 53.3 Å². The highest BCUT2D eigenvalue weighted by atomic mass is 79.9. The molecule has 0 fully saturated rings. The summed E-state index contributed by atoms with van der Waals surface area (Å²) >= 11 is 3.55. The molecular formula is C20H17BrN8O. The molecular weight excluding hydrogens is 448 g/mol. The molecule has 0 bridgehead atoms.